The zero-order valence-corrected chi connectivity index (χ0v) is 17.2. The second-order valence-electron chi connectivity index (χ2n) is 10.8. The van der Waals surface area contributed by atoms with Crippen molar-refractivity contribution in [2.45, 2.75) is 93.4 Å². The smallest absolute Gasteiger partial charge is 0.129 e. The Balaban J connectivity index is 2.02. The van der Waals surface area contributed by atoms with E-state index in [2.05, 4.69) is 41.5 Å². The Morgan fingerprint density at radius 1 is 1.12 bits per heavy atom. The number of fused-ring (bicyclic) bond motifs is 3. The first-order valence-electron chi connectivity index (χ1n) is 10.6. The van der Waals surface area contributed by atoms with Gasteiger partial charge in [-0.05, 0) is 84.9 Å². The summed E-state index contributed by atoms with van der Waals surface area (Å²) in [6.45, 7) is 16.9. The van der Waals surface area contributed by atoms with Crippen molar-refractivity contribution in [3.63, 3.8) is 0 Å². The van der Waals surface area contributed by atoms with Crippen molar-refractivity contribution in [3.8, 4) is 0 Å². The lowest BCUT2D eigenvalue weighted by molar-refractivity contribution is -0.281. The molecule has 0 N–H and O–H groups in total. The van der Waals surface area contributed by atoms with Crippen LogP contribution < -0.4 is 0 Å². The van der Waals surface area contributed by atoms with Gasteiger partial charge in [-0.1, -0.05) is 48.0 Å². The molecule has 1 nitrogen and oxygen atoms in total. The average Bonchev–Trinajstić information content (AvgIpc) is 2.43. The first kappa shape index (κ1) is 18.5. The van der Waals surface area contributed by atoms with E-state index in [1.807, 2.05) is 0 Å². The van der Waals surface area contributed by atoms with E-state index in [9.17, 15) is 4.79 Å². The Morgan fingerprint density at radius 2 is 1.79 bits per heavy atom. The highest BCUT2D eigenvalue weighted by Crippen LogP contribution is 2.78. The number of ketones is 1. The largest absolute Gasteiger partial charge is 0.300 e. The maximum Gasteiger partial charge on any atom is 0.129 e. The van der Waals surface area contributed by atoms with Crippen LogP contribution in [0.5, 0.6) is 0 Å². The first-order chi connectivity index (χ1) is 11.1. The summed E-state index contributed by atoms with van der Waals surface area (Å²) in [5.74, 6) is 4.54. The van der Waals surface area contributed by atoms with Crippen molar-refractivity contribution in [1.29, 1.82) is 0 Å². The Hall–Kier alpha value is -0.330. The van der Waals surface area contributed by atoms with Gasteiger partial charge in [-0.15, -0.1) is 0 Å². The molecule has 0 amide bonds. The van der Waals surface area contributed by atoms with Gasteiger partial charge in [0.05, 0.1) is 0 Å². The third kappa shape index (κ3) is 2.28. The van der Waals surface area contributed by atoms with E-state index < -0.39 is 0 Å². The van der Waals surface area contributed by atoms with Crippen molar-refractivity contribution in [1.82, 2.24) is 0 Å². The van der Waals surface area contributed by atoms with E-state index in [-0.39, 0.29) is 0 Å². The van der Waals surface area contributed by atoms with Gasteiger partial charge in [-0.2, -0.15) is 0 Å². The average molecular weight is 333 g/mol. The quantitative estimate of drug-likeness (QED) is 0.573. The number of carbonyl (C=O) groups is 1. The molecule has 6 atom stereocenters. The van der Waals surface area contributed by atoms with Crippen LogP contribution in [0.3, 0.4) is 0 Å². The Kier molecular flexibility index (Phi) is 4.50. The lowest BCUT2D eigenvalue weighted by Gasteiger charge is -2.76. The number of Topliss-reactive ketones (excluding diaryl/α,β-unsaturated/α-hetero) is 1. The van der Waals surface area contributed by atoms with Gasteiger partial charge in [-0.25, -0.2) is 0 Å². The Morgan fingerprint density at radius 3 is 2.38 bits per heavy atom. The fourth-order valence-electron chi connectivity index (χ4n) is 8.51. The molecule has 3 rings (SSSR count). The second kappa shape index (κ2) is 5.85. The van der Waals surface area contributed by atoms with Gasteiger partial charge in [0, 0.05) is 6.42 Å². The Bertz CT molecular complexity index is 504. The van der Waals surface area contributed by atoms with Gasteiger partial charge in [-0.3, -0.25) is 0 Å². The van der Waals surface area contributed by atoms with Gasteiger partial charge in [0.25, 0.3) is 0 Å². The molecule has 3 fully saturated rings. The van der Waals surface area contributed by atoms with Crippen LogP contribution in [0.15, 0.2) is 0 Å². The molecular weight excluding hydrogens is 292 g/mol. The summed E-state index contributed by atoms with van der Waals surface area (Å²) in [5.41, 5.74) is 1.34. The van der Waals surface area contributed by atoms with E-state index in [1.54, 1.807) is 6.92 Å². The summed E-state index contributed by atoms with van der Waals surface area (Å²) >= 11 is 0. The molecule has 0 saturated heterocycles. The monoisotopic (exact) mass is 332 g/mol. The molecule has 0 radical (unpaired) electrons. The fraction of sp³-hybridized carbons (Fsp3) is 0.957. The van der Waals surface area contributed by atoms with E-state index >= 15 is 0 Å². The van der Waals surface area contributed by atoms with E-state index in [1.165, 1.54) is 32.1 Å². The summed E-state index contributed by atoms with van der Waals surface area (Å²) in [6, 6.07) is 0. The standard InChI is InChI=1S/C23H40O/c1-15(2)20-17(4)23(14-11-16(3)24)18(20)9-10-19-21(5,6)12-8-13-22(19,23)7/h15,17-20H,8-14H2,1-7H3/t17-,18-,19?,20?,22+,23-/m1/s1. The van der Waals surface area contributed by atoms with Crippen LogP contribution in [0.4, 0.5) is 0 Å². The van der Waals surface area contributed by atoms with Crippen LogP contribution in [0.25, 0.3) is 0 Å². The molecule has 1 heteroatoms. The summed E-state index contributed by atoms with van der Waals surface area (Å²) in [6.07, 6.45) is 8.95. The molecule has 3 saturated carbocycles. The topological polar surface area (TPSA) is 17.1 Å². The van der Waals surface area contributed by atoms with Crippen LogP contribution in [0.1, 0.15) is 93.4 Å². The predicted molar refractivity (Wildman–Crippen MR) is 102 cm³/mol. The van der Waals surface area contributed by atoms with E-state index in [0.29, 0.717) is 22.0 Å². The molecule has 138 valence electrons. The molecule has 3 aliphatic rings. The Labute approximate surface area is 150 Å². The molecule has 24 heavy (non-hydrogen) atoms. The molecule has 0 bridgehead atoms. The minimum absolute atomic E-state index is 0.393. The molecular formula is C23H40O. The zero-order chi connectivity index (χ0) is 17.9. The lowest BCUT2D eigenvalue weighted by Crippen LogP contribution is -2.70. The lowest BCUT2D eigenvalue weighted by atomic mass is 9.28. The molecule has 3 aliphatic carbocycles. The molecule has 0 aromatic rings. The maximum atomic E-state index is 11.9. The fourth-order valence-corrected chi connectivity index (χ4v) is 8.51. The van der Waals surface area contributed by atoms with Crippen molar-refractivity contribution >= 4 is 5.78 Å². The van der Waals surface area contributed by atoms with Crippen molar-refractivity contribution in [2.24, 2.45) is 45.8 Å². The number of carbonyl (C=O) groups excluding carboxylic acids is 1. The van der Waals surface area contributed by atoms with Gasteiger partial charge in [0.2, 0.25) is 0 Å². The highest BCUT2D eigenvalue weighted by atomic mass is 16.1. The van der Waals surface area contributed by atoms with Crippen LogP contribution in [-0.4, -0.2) is 5.78 Å². The van der Waals surface area contributed by atoms with Gasteiger partial charge in [0.1, 0.15) is 5.78 Å². The normalized spacial score (nSPS) is 46.8. The number of hydrogen-bond acceptors (Lipinski definition) is 1. The van der Waals surface area contributed by atoms with Crippen LogP contribution >= 0.6 is 0 Å². The van der Waals surface area contributed by atoms with E-state index in [0.717, 1.165) is 42.4 Å². The minimum atomic E-state index is 0.393. The number of rotatable bonds is 4. The molecule has 0 aromatic heterocycles. The van der Waals surface area contributed by atoms with Crippen LogP contribution in [0, 0.1) is 45.8 Å². The molecule has 0 heterocycles. The maximum absolute atomic E-state index is 11.9. The molecule has 0 aromatic carbocycles. The molecule has 0 aliphatic heterocycles. The number of hydrogen-bond donors (Lipinski definition) is 0. The van der Waals surface area contributed by atoms with Gasteiger partial charge >= 0.3 is 0 Å². The summed E-state index contributed by atoms with van der Waals surface area (Å²) in [4.78, 5) is 11.9. The third-order valence-corrected chi connectivity index (χ3v) is 9.24. The van der Waals surface area contributed by atoms with Gasteiger partial charge < -0.3 is 4.79 Å². The summed E-state index contributed by atoms with van der Waals surface area (Å²) in [5, 5.41) is 0. The van der Waals surface area contributed by atoms with E-state index in [4.69, 9.17) is 0 Å². The van der Waals surface area contributed by atoms with Crippen molar-refractivity contribution < 1.29 is 4.79 Å². The molecule has 0 spiro atoms. The summed E-state index contributed by atoms with van der Waals surface area (Å²) in [7, 11) is 0. The first-order valence-corrected chi connectivity index (χ1v) is 10.6. The minimum Gasteiger partial charge on any atom is -0.300 e. The zero-order valence-electron chi connectivity index (χ0n) is 17.2. The van der Waals surface area contributed by atoms with Crippen LogP contribution in [0.2, 0.25) is 0 Å². The van der Waals surface area contributed by atoms with Gasteiger partial charge in [0.15, 0.2) is 0 Å². The predicted octanol–water partition coefficient (Wildman–Crippen LogP) is 6.51. The summed E-state index contributed by atoms with van der Waals surface area (Å²) < 4.78 is 0. The van der Waals surface area contributed by atoms with Crippen molar-refractivity contribution in [2.75, 3.05) is 0 Å². The third-order valence-electron chi connectivity index (χ3n) is 9.24. The highest BCUT2D eigenvalue weighted by Gasteiger charge is 2.71. The second-order valence-corrected chi connectivity index (χ2v) is 10.8. The SMILES string of the molecule is CC(=O)CC[C@@]12[C@H](C)C(C(C)C)[C@H]1CCC1C(C)(C)CCC[C@@]12C. The van der Waals surface area contributed by atoms with Crippen LogP contribution in [-0.2, 0) is 4.79 Å². The highest BCUT2D eigenvalue weighted by molar-refractivity contribution is 5.75. The van der Waals surface area contributed by atoms with Crippen molar-refractivity contribution in [3.05, 3.63) is 0 Å². The molecule has 2 unspecified atom stereocenters.